The minimum Gasteiger partial charge on any atom is -0.492 e. The second kappa shape index (κ2) is 8.85. The Bertz CT molecular complexity index is 1050. The van der Waals surface area contributed by atoms with Crippen molar-refractivity contribution in [2.45, 2.75) is 25.3 Å². The van der Waals surface area contributed by atoms with Crippen LogP contribution in [0.15, 0.2) is 60.7 Å². The molecule has 148 valence electrons. The van der Waals surface area contributed by atoms with Gasteiger partial charge >= 0.3 is 0 Å². The number of allylic oxidation sites excluding steroid dienone is 1. The first-order chi connectivity index (χ1) is 14.2. The van der Waals surface area contributed by atoms with Crippen LogP contribution < -0.4 is 4.74 Å². The number of rotatable bonds is 6. The summed E-state index contributed by atoms with van der Waals surface area (Å²) in [5, 5.41) is 1.02. The predicted molar refractivity (Wildman–Crippen MR) is 116 cm³/mol. The van der Waals surface area contributed by atoms with Gasteiger partial charge in [-0.05, 0) is 47.7 Å². The topological polar surface area (TPSA) is 44.1 Å². The Balaban J connectivity index is 1.53. The highest BCUT2D eigenvalue weighted by Gasteiger charge is 2.25. The zero-order chi connectivity index (χ0) is 20.2. The van der Waals surface area contributed by atoms with Crippen LogP contribution in [-0.2, 0) is 17.8 Å². The van der Waals surface area contributed by atoms with Crippen molar-refractivity contribution in [2.75, 3.05) is 6.61 Å². The first-order valence-corrected chi connectivity index (χ1v) is 10.2. The van der Waals surface area contributed by atoms with Gasteiger partial charge in [0, 0.05) is 12.4 Å². The van der Waals surface area contributed by atoms with Crippen molar-refractivity contribution in [3.8, 4) is 5.75 Å². The first kappa shape index (κ1) is 19.7. The summed E-state index contributed by atoms with van der Waals surface area (Å²) in [6.07, 6.45) is 10.1. The molecule has 0 spiro atoms. The summed E-state index contributed by atoms with van der Waals surface area (Å²) >= 11 is 12.4. The van der Waals surface area contributed by atoms with Gasteiger partial charge in [-0.3, -0.25) is 0 Å². The quantitative estimate of drug-likeness (QED) is 0.483. The summed E-state index contributed by atoms with van der Waals surface area (Å²) in [6.45, 7) is 1.30. The van der Waals surface area contributed by atoms with Gasteiger partial charge in [-0.15, -0.1) is 0 Å². The number of fused-ring (bicyclic) bond motifs is 1. The maximum absolute atomic E-state index is 11.9. The van der Waals surface area contributed by atoms with Crippen LogP contribution in [0.1, 0.15) is 29.0 Å². The molecule has 3 aromatic rings. The van der Waals surface area contributed by atoms with Gasteiger partial charge < -0.3 is 14.1 Å². The third-order valence-corrected chi connectivity index (χ3v) is 6.00. The van der Waals surface area contributed by atoms with Crippen molar-refractivity contribution in [1.29, 1.82) is 0 Å². The number of hydrogen-bond acceptors (Lipinski definition) is 3. The van der Waals surface area contributed by atoms with Gasteiger partial charge in [0.05, 0.1) is 28.8 Å². The molecular weight excluding hydrogens is 407 g/mol. The SMILES string of the molecule is O=CC1/C(=C/c2cccc(Cl)c2Cl)CCc2cc(OCCn3ccnc3)ccc21. The van der Waals surface area contributed by atoms with E-state index < -0.39 is 0 Å². The lowest BCUT2D eigenvalue weighted by Gasteiger charge is -2.25. The van der Waals surface area contributed by atoms with E-state index in [-0.39, 0.29) is 5.92 Å². The van der Waals surface area contributed by atoms with Crippen LogP contribution in [0, 0.1) is 0 Å². The van der Waals surface area contributed by atoms with E-state index in [0.717, 1.165) is 53.7 Å². The molecule has 1 aliphatic carbocycles. The highest BCUT2D eigenvalue weighted by Crippen LogP contribution is 2.38. The first-order valence-electron chi connectivity index (χ1n) is 9.47. The maximum atomic E-state index is 11.9. The van der Waals surface area contributed by atoms with E-state index in [1.807, 2.05) is 47.2 Å². The molecule has 6 heteroatoms. The predicted octanol–water partition coefficient (Wildman–Crippen LogP) is 5.58. The number of hydrogen-bond donors (Lipinski definition) is 0. The van der Waals surface area contributed by atoms with Crippen molar-refractivity contribution < 1.29 is 9.53 Å². The van der Waals surface area contributed by atoms with E-state index in [2.05, 4.69) is 4.98 Å². The highest BCUT2D eigenvalue weighted by atomic mass is 35.5. The number of aromatic nitrogens is 2. The monoisotopic (exact) mass is 426 g/mol. The van der Waals surface area contributed by atoms with Crippen LogP contribution in [0.4, 0.5) is 0 Å². The van der Waals surface area contributed by atoms with E-state index in [0.29, 0.717) is 16.7 Å². The van der Waals surface area contributed by atoms with Crippen molar-refractivity contribution in [1.82, 2.24) is 9.55 Å². The van der Waals surface area contributed by atoms with Crippen molar-refractivity contribution in [3.63, 3.8) is 0 Å². The molecule has 1 unspecified atom stereocenters. The Kier molecular flexibility index (Phi) is 6.02. The van der Waals surface area contributed by atoms with E-state index in [9.17, 15) is 4.79 Å². The molecule has 1 heterocycles. The molecule has 1 aromatic heterocycles. The molecule has 4 rings (SSSR count). The average Bonchev–Trinajstić information content (AvgIpc) is 3.25. The number of aryl methyl sites for hydroxylation is 1. The third-order valence-electron chi connectivity index (χ3n) is 5.17. The minimum atomic E-state index is -0.284. The lowest BCUT2D eigenvalue weighted by atomic mass is 9.79. The molecule has 29 heavy (non-hydrogen) atoms. The van der Waals surface area contributed by atoms with Crippen LogP contribution in [0.25, 0.3) is 6.08 Å². The number of carbonyl (C=O) groups excluding carboxylic acids is 1. The molecule has 4 nitrogen and oxygen atoms in total. The Morgan fingerprint density at radius 1 is 1.21 bits per heavy atom. The Morgan fingerprint density at radius 3 is 2.90 bits per heavy atom. The lowest BCUT2D eigenvalue weighted by molar-refractivity contribution is -0.108. The third kappa shape index (κ3) is 4.39. The fourth-order valence-corrected chi connectivity index (χ4v) is 4.03. The fraction of sp³-hybridized carbons (Fsp3) is 0.217. The van der Waals surface area contributed by atoms with Gasteiger partial charge in [-0.1, -0.05) is 53.1 Å². The summed E-state index contributed by atoms with van der Waals surface area (Å²) in [6, 6.07) is 11.5. The highest BCUT2D eigenvalue weighted by molar-refractivity contribution is 6.42. The van der Waals surface area contributed by atoms with Crippen molar-refractivity contribution >= 4 is 35.6 Å². The number of halogens is 2. The van der Waals surface area contributed by atoms with Crippen LogP contribution in [-0.4, -0.2) is 22.4 Å². The molecular formula is C23H20Cl2N2O2. The average molecular weight is 427 g/mol. The molecule has 0 saturated carbocycles. The van der Waals surface area contributed by atoms with Gasteiger partial charge in [0.25, 0.3) is 0 Å². The number of benzene rings is 2. The van der Waals surface area contributed by atoms with E-state index in [1.54, 1.807) is 18.6 Å². The molecule has 0 amide bonds. The number of aldehydes is 1. The normalized spacial score (nSPS) is 17.2. The number of carbonyl (C=O) groups is 1. The molecule has 1 atom stereocenters. The molecule has 0 bridgehead atoms. The molecule has 2 aromatic carbocycles. The van der Waals surface area contributed by atoms with Gasteiger partial charge in [0.15, 0.2) is 0 Å². The van der Waals surface area contributed by atoms with Crippen LogP contribution >= 0.6 is 23.2 Å². The van der Waals surface area contributed by atoms with Crippen molar-refractivity contribution in [3.05, 3.63) is 87.4 Å². The molecule has 0 saturated heterocycles. The van der Waals surface area contributed by atoms with Crippen LogP contribution in [0.2, 0.25) is 10.0 Å². The van der Waals surface area contributed by atoms with Crippen LogP contribution in [0.5, 0.6) is 5.75 Å². The molecule has 0 radical (unpaired) electrons. The van der Waals surface area contributed by atoms with E-state index >= 15 is 0 Å². The Labute approximate surface area is 179 Å². The minimum absolute atomic E-state index is 0.284. The fourth-order valence-electron chi connectivity index (χ4n) is 3.67. The van der Waals surface area contributed by atoms with Gasteiger partial charge in [0.2, 0.25) is 0 Å². The summed E-state index contributed by atoms with van der Waals surface area (Å²) in [4.78, 5) is 15.9. The molecule has 1 aliphatic rings. The Hall–Kier alpha value is -2.56. The zero-order valence-corrected chi connectivity index (χ0v) is 17.2. The summed E-state index contributed by atoms with van der Waals surface area (Å²) in [5.41, 5.74) is 4.06. The lowest BCUT2D eigenvalue weighted by Crippen LogP contribution is -2.14. The molecule has 0 N–H and O–H groups in total. The van der Waals surface area contributed by atoms with Gasteiger partial charge in [0.1, 0.15) is 18.6 Å². The number of ether oxygens (including phenoxy) is 1. The molecule has 0 fully saturated rings. The number of nitrogens with zero attached hydrogens (tertiary/aromatic N) is 2. The van der Waals surface area contributed by atoms with E-state index in [1.165, 1.54) is 0 Å². The summed E-state index contributed by atoms with van der Waals surface area (Å²) < 4.78 is 7.85. The van der Waals surface area contributed by atoms with Crippen LogP contribution in [0.3, 0.4) is 0 Å². The van der Waals surface area contributed by atoms with Gasteiger partial charge in [-0.25, -0.2) is 4.98 Å². The Morgan fingerprint density at radius 2 is 2.10 bits per heavy atom. The summed E-state index contributed by atoms with van der Waals surface area (Å²) in [7, 11) is 0. The molecule has 0 aliphatic heterocycles. The van der Waals surface area contributed by atoms with Crippen molar-refractivity contribution in [2.24, 2.45) is 0 Å². The standard InChI is InChI=1S/C23H20Cl2N2O2/c24-22-3-1-2-18(23(22)25)12-16-4-5-17-13-19(6-7-20(17)21(16)14-28)29-11-10-27-9-8-26-15-27/h1-3,6-9,12-15,21H,4-5,10-11H2/b16-12+. The second-order valence-corrected chi connectivity index (χ2v) is 7.77. The zero-order valence-electron chi connectivity index (χ0n) is 15.7. The second-order valence-electron chi connectivity index (χ2n) is 6.99. The smallest absolute Gasteiger partial charge is 0.131 e. The van der Waals surface area contributed by atoms with Gasteiger partial charge in [-0.2, -0.15) is 0 Å². The largest absolute Gasteiger partial charge is 0.492 e. The summed E-state index contributed by atoms with van der Waals surface area (Å²) in [5.74, 6) is 0.535. The number of imidazole rings is 1. The van der Waals surface area contributed by atoms with E-state index in [4.69, 9.17) is 27.9 Å². The maximum Gasteiger partial charge on any atom is 0.131 e.